The molecule has 0 radical (unpaired) electrons. The number of anilines is 1. The average molecular weight is 289 g/mol. The lowest BCUT2D eigenvalue weighted by Gasteiger charge is -2.28. The molecule has 0 aromatic heterocycles. The van der Waals surface area contributed by atoms with Crippen LogP contribution in [-0.4, -0.2) is 30.9 Å². The fourth-order valence-corrected chi connectivity index (χ4v) is 2.65. The van der Waals surface area contributed by atoms with Crippen molar-refractivity contribution in [2.24, 2.45) is 5.41 Å². The number of nitrogens with zero attached hydrogens (tertiary/aromatic N) is 1. The van der Waals surface area contributed by atoms with Crippen LogP contribution in [0, 0.1) is 5.41 Å². The molecule has 0 saturated carbocycles. The summed E-state index contributed by atoms with van der Waals surface area (Å²) in [5.74, 6) is -0.556. The summed E-state index contributed by atoms with van der Waals surface area (Å²) in [5, 5.41) is 0. The SMILES string of the molecule is CCOC(=O)C(C)(C)C(=O)CN1c2ccccc2CC1C. The molecular formula is C17H23NO3. The van der Waals surface area contributed by atoms with Gasteiger partial charge in [-0.15, -0.1) is 0 Å². The Kier molecular flexibility index (Phi) is 4.35. The van der Waals surface area contributed by atoms with Gasteiger partial charge in [0.15, 0.2) is 5.78 Å². The van der Waals surface area contributed by atoms with E-state index in [9.17, 15) is 9.59 Å². The van der Waals surface area contributed by atoms with Gasteiger partial charge in [0.05, 0.1) is 13.2 Å². The first-order chi connectivity index (χ1) is 9.87. The number of carbonyl (C=O) groups excluding carboxylic acids is 2. The summed E-state index contributed by atoms with van der Waals surface area (Å²) in [6.45, 7) is 7.66. The minimum Gasteiger partial charge on any atom is -0.465 e. The predicted octanol–water partition coefficient (Wildman–Crippen LogP) is 2.60. The van der Waals surface area contributed by atoms with Crippen molar-refractivity contribution in [3.05, 3.63) is 29.8 Å². The van der Waals surface area contributed by atoms with Gasteiger partial charge in [0, 0.05) is 11.7 Å². The number of fused-ring (bicyclic) bond motifs is 1. The van der Waals surface area contributed by atoms with Gasteiger partial charge in [-0.2, -0.15) is 0 Å². The Balaban J connectivity index is 2.15. The first-order valence-corrected chi connectivity index (χ1v) is 7.43. The normalized spacial score (nSPS) is 17.5. The number of carbonyl (C=O) groups is 2. The largest absolute Gasteiger partial charge is 0.465 e. The number of hydrogen-bond acceptors (Lipinski definition) is 4. The zero-order valence-corrected chi connectivity index (χ0v) is 13.2. The Bertz CT molecular complexity index is 551. The molecule has 1 aliphatic heterocycles. The van der Waals surface area contributed by atoms with Crippen LogP contribution in [0.1, 0.15) is 33.3 Å². The number of benzene rings is 1. The molecule has 2 rings (SSSR count). The van der Waals surface area contributed by atoms with Crippen LogP contribution in [0.2, 0.25) is 0 Å². The van der Waals surface area contributed by atoms with Gasteiger partial charge in [-0.25, -0.2) is 0 Å². The molecule has 1 atom stereocenters. The van der Waals surface area contributed by atoms with Crippen molar-refractivity contribution < 1.29 is 14.3 Å². The summed E-state index contributed by atoms with van der Waals surface area (Å²) in [6.07, 6.45) is 0.934. The Hall–Kier alpha value is -1.84. The lowest BCUT2D eigenvalue weighted by Crippen LogP contribution is -2.44. The van der Waals surface area contributed by atoms with E-state index in [0.717, 1.165) is 12.1 Å². The number of hydrogen-bond donors (Lipinski definition) is 0. The van der Waals surface area contributed by atoms with Crippen molar-refractivity contribution in [3.8, 4) is 0 Å². The topological polar surface area (TPSA) is 46.6 Å². The van der Waals surface area contributed by atoms with Gasteiger partial charge in [-0.3, -0.25) is 9.59 Å². The second-order valence-electron chi connectivity index (χ2n) is 6.08. The molecule has 0 spiro atoms. The molecule has 4 heteroatoms. The highest BCUT2D eigenvalue weighted by atomic mass is 16.5. The van der Waals surface area contributed by atoms with Gasteiger partial charge >= 0.3 is 5.97 Å². The quantitative estimate of drug-likeness (QED) is 0.617. The average Bonchev–Trinajstić information content (AvgIpc) is 2.75. The molecule has 21 heavy (non-hydrogen) atoms. The molecule has 0 saturated heterocycles. The molecule has 1 aromatic carbocycles. The fourth-order valence-electron chi connectivity index (χ4n) is 2.65. The van der Waals surface area contributed by atoms with Crippen LogP contribution >= 0.6 is 0 Å². The lowest BCUT2D eigenvalue weighted by molar-refractivity contribution is -0.157. The summed E-state index contributed by atoms with van der Waals surface area (Å²) in [4.78, 5) is 26.6. The third-order valence-electron chi connectivity index (χ3n) is 4.15. The van der Waals surface area contributed by atoms with Crippen LogP contribution in [0.25, 0.3) is 0 Å². The fraction of sp³-hybridized carbons (Fsp3) is 0.529. The van der Waals surface area contributed by atoms with Crippen molar-refractivity contribution in [1.29, 1.82) is 0 Å². The molecule has 4 nitrogen and oxygen atoms in total. The van der Waals surface area contributed by atoms with Gasteiger partial charge in [0.1, 0.15) is 5.41 Å². The Morgan fingerprint density at radius 1 is 1.33 bits per heavy atom. The zero-order valence-electron chi connectivity index (χ0n) is 13.2. The van der Waals surface area contributed by atoms with Crippen LogP contribution in [0.5, 0.6) is 0 Å². The van der Waals surface area contributed by atoms with Gasteiger partial charge in [0.2, 0.25) is 0 Å². The molecule has 0 N–H and O–H groups in total. The predicted molar refractivity (Wildman–Crippen MR) is 82.4 cm³/mol. The van der Waals surface area contributed by atoms with Gasteiger partial charge in [0.25, 0.3) is 0 Å². The molecular weight excluding hydrogens is 266 g/mol. The Labute approximate surface area is 126 Å². The van der Waals surface area contributed by atoms with Crippen LogP contribution in [-0.2, 0) is 20.7 Å². The monoisotopic (exact) mass is 289 g/mol. The maximum atomic E-state index is 12.5. The third kappa shape index (κ3) is 2.94. The smallest absolute Gasteiger partial charge is 0.319 e. The van der Waals surface area contributed by atoms with E-state index in [0.29, 0.717) is 6.61 Å². The number of Topliss-reactive ketones (excluding diaryl/α,β-unsaturated/α-hetero) is 1. The molecule has 114 valence electrons. The number of ketones is 1. The van der Waals surface area contributed by atoms with Gasteiger partial charge in [-0.1, -0.05) is 18.2 Å². The standard InChI is InChI=1S/C17H23NO3/c1-5-21-16(20)17(3,4)15(19)11-18-12(2)10-13-8-6-7-9-14(13)18/h6-9,12H,5,10-11H2,1-4H3. The minimum atomic E-state index is -1.10. The van der Waals surface area contributed by atoms with Crippen LogP contribution in [0.15, 0.2) is 24.3 Å². The van der Waals surface area contributed by atoms with E-state index in [2.05, 4.69) is 17.9 Å². The van der Waals surface area contributed by atoms with Crippen molar-refractivity contribution in [3.63, 3.8) is 0 Å². The summed E-state index contributed by atoms with van der Waals surface area (Å²) >= 11 is 0. The minimum absolute atomic E-state index is 0.107. The second-order valence-corrected chi connectivity index (χ2v) is 6.08. The number of para-hydroxylation sites is 1. The van der Waals surface area contributed by atoms with Crippen LogP contribution in [0.4, 0.5) is 5.69 Å². The number of rotatable bonds is 5. The highest BCUT2D eigenvalue weighted by molar-refractivity contribution is 6.05. The highest BCUT2D eigenvalue weighted by Gasteiger charge is 2.39. The van der Waals surface area contributed by atoms with E-state index >= 15 is 0 Å². The Morgan fingerprint density at radius 3 is 2.67 bits per heavy atom. The molecule has 1 heterocycles. The molecule has 0 aliphatic carbocycles. The molecule has 0 fully saturated rings. The van der Waals surface area contributed by atoms with Crippen LogP contribution in [0.3, 0.4) is 0 Å². The molecule has 0 bridgehead atoms. The van der Waals surface area contributed by atoms with Gasteiger partial charge in [-0.05, 0) is 45.7 Å². The van der Waals surface area contributed by atoms with E-state index in [1.165, 1.54) is 5.56 Å². The van der Waals surface area contributed by atoms with E-state index in [4.69, 9.17) is 4.74 Å². The maximum Gasteiger partial charge on any atom is 0.319 e. The lowest BCUT2D eigenvalue weighted by atomic mass is 9.87. The van der Waals surface area contributed by atoms with E-state index < -0.39 is 11.4 Å². The van der Waals surface area contributed by atoms with Crippen molar-refractivity contribution >= 4 is 17.4 Å². The maximum absolute atomic E-state index is 12.5. The second kappa shape index (κ2) is 5.88. The van der Waals surface area contributed by atoms with Crippen molar-refractivity contribution in [2.45, 2.75) is 40.2 Å². The van der Waals surface area contributed by atoms with E-state index in [1.54, 1.807) is 20.8 Å². The Morgan fingerprint density at radius 2 is 2.00 bits per heavy atom. The van der Waals surface area contributed by atoms with Crippen molar-refractivity contribution in [1.82, 2.24) is 0 Å². The molecule has 0 amide bonds. The highest BCUT2D eigenvalue weighted by Crippen LogP contribution is 2.32. The summed E-state index contributed by atoms with van der Waals surface area (Å²) in [5.41, 5.74) is 1.25. The molecule has 1 aromatic rings. The van der Waals surface area contributed by atoms with E-state index in [-0.39, 0.29) is 18.4 Å². The summed E-state index contributed by atoms with van der Waals surface area (Å²) in [6, 6.07) is 8.38. The van der Waals surface area contributed by atoms with Crippen LogP contribution < -0.4 is 4.90 Å². The number of esters is 1. The summed E-state index contributed by atoms with van der Waals surface area (Å²) < 4.78 is 5.01. The van der Waals surface area contributed by atoms with Gasteiger partial charge < -0.3 is 9.64 Å². The molecule has 1 aliphatic rings. The zero-order chi connectivity index (χ0) is 15.6. The first kappa shape index (κ1) is 15.5. The van der Waals surface area contributed by atoms with Crippen molar-refractivity contribution in [2.75, 3.05) is 18.1 Å². The summed E-state index contributed by atoms with van der Waals surface area (Å²) in [7, 11) is 0. The third-order valence-corrected chi connectivity index (χ3v) is 4.15. The van der Waals surface area contributed by atoms with E-state index in [1.807, 2.05) is 18.2 Å². The molecule has 1 unspecified atom stereocenters. The number of ether oxygens (including phenoxy) is 1. The first-order valence-electron chi connectivity index (χ1n) is 7.43.